The summed E-state index contributed by atoms with van der Waals surface area (Å²) in [6.07, 6.45) is 6.65. The van der Waals surface area contributed by atoms with Crippen molar-refractivity contribution in [1.82, 2.24) is 4.90 Å². The molecule has 1 nitrogen and oxygen atoms in total. The van der Waals surface area contributed by atoms with Gasteiger partial charge in [-0.25, -0.2) is 0 Å². The lowest BCUT2D eigenvalue weighted by atomic mass is 9.94. The van der Waals surface area contributed by atoms with Crippen LogP contribution in [0, 0.1) is 6.92 Å². The van der Waals surface area contributed by atoms with Gasteiger partial charge in [-0.1, -0.05) is 66.2 Å². The molecule has 3 rings (SSSR count). The number of aryl methyl sites for hydroxylation is 1. The predicted molar refractivity (Wildman–Crippen MR) is 94.4 cm³/mol. The van der Waals surface area contributed by atoms with Crippen molar-refractivity contribution in [3.8, 4) is 0 Å². The molecule has 0 fully saturated rings. The fraction of sp³-hybridized carbons (Fsp3) is 0.238. The van der Waals surface area contributed by atoms with Gasteiger partial charge in [0, 0.05) is 18.8 Å². The van der Waals surface area contributed by atoms with Gasteiger partial charge in [0.15, 0.2) is 0 Å². The monoisotopic (exact) mass is 289 g/mol. The van der Waals surface area contributed by atoms with Crippen LogP contribution >= 0.6 is 0 Å². The third-order valence-corrected chi connectivity index (χ3v) is 4.36. The van der Waals surface area contributed by atoms with Gasteiger partial charge < -0.3 is 4.90 Å². The van der Waals surface area contributed by atoms with Crippen molar-refractivity contribution in [2.75, 3.05) is 0 Å². The molecule has 0 amide bonds. The van der Waals surface area contributed by atoms with Gasteiger partial charge in [0.1, 0.15) is 0 Å². The molecule has 1 heterocycles. The molecule has 0 radical (unpaired) electrons. The van der Waals surface area contributed by atoms with E-state index < -0.39 is 0 Å². The Balaban J connectivity index is 1.86. The molecule has 0 saturated carbocycles. The molecular formula is C21H23N. The third-order valence-electron chi connectivity index (χ3n) is 4.36. The maximum atomic E-state index is 4.01. The lowest BCUT2D eigenvalue weighted by Gasteiger charge is -2.34. The first-order chi connectivity index (χ1) is 10.8. The van der Waals surface area contributed by atoms with E-state index in [2.05, 4.69) is 85.3 Å². The molecule has 1 aliphatic rings. The van der Waals surface area contributed by atoms with Gasteiger partial charge in [-0.15, -0.1) is 6.58 Å². The fourth-order valence-corrected chi connectivity index (χ4v) is 3.03. The van der Waals surface area contributed by atoms with E-state index >= 15 is 0 Å². The van der Waals surface area contributed by atoms with Crippen LogP contribution in [0.5, 0.6) is 0 Å². The Morgan fingerprint density at radius 3 is 2.50 bits per heavy atom. The second-order valence-electron chi connectivity index (χ2n) is 6.02. The van der Waals surface area contributed by atoms with E-state index in [9.17, 15) is 0 Å². The van der Waals surface area contributed by atoms with E-state index in [0.717, 1.165) is 19.4 Å². The molecule has 0 aliphatic carbocycles. The zero-order valence-corrected chi connectivity index (χ0v) is 13.2. The average molecular weight is 289 g/mol. The van der Waals surface area contributed by atoms with Crippen LogP contribution in [-0.2, 0) is 6.54 Å². The van der Waals surface area contributed by atoms with Gasteiger partial charge in [0.05, 0.1) is 0 Å². The van der Waals surface area contributed by atoms with Crippen molar-refractivity contribution in [3.63, 3.8) is 0 Å². The van der Waals surface area contributed by atoms with E-state index in [1.165, 1.54) is 22.3 Å². The van der Waals surface area contributed by atoms with Crippen molar-refractivity contribution >= 4 is 5.57 Å². The van der Waals surface area contributed by atoms with E-state index in [4.69, 9.17) is 0 Å². The SMILES string of the molecule is C=C[C@H]1CCC(c2ccc(C)cc2)=CN1Cc1ccccc1. The summed E-state index contributed by atoms with van der Waals surface area (Å²) in [4.78, 5) is 2.42. The molecule has 0 spiro atoms. The van der Waals surface area contributed by atoms with Crippen molar-refractivity contribution in [1.29, 1.82) is 0 Å². The minimum absolute atomic E-state index is 0.425. The Morgan fingerprint density at radius 2 is 1.82 bits per heavy atom. The zero-order chi connectivity index (χ0) is 15.4. The van der Waals surface area contributed by atoms with Crippen molar-refractivity contribution in [2.45, 2.75) is 32.4 Å². The first-order valence-electron chi connectivity index (χ1n) is 7.96. The summed E-state index contributed by atoms with van der Waals surface area (Å²) >= 11 is 0. The first kappa shape index (κ1) is 14.6. The number of rotatable bonds is 4. The summed E-state index contributed by atoms with van der Waals surface area (Å²) in [5, 5.41) is 0. The van der Waals surface area contributed by atoms with Crippen LogP contribution in [0.1, 0.15) is 29.5 Å². The summed E-state index contributed by atoms with van der Waals surface area (Å²) in [5.41, 5.74) is 5.42. The Kier molecular flexibility index (Phi) is 4.43. The maximum Gasteiger partial charge on any atom is 0.0472 e. The summed E-state index contributed by atoms with van der Waals surface area (Å²) < 4.78 is 0. The smallest absolute Gasteiger partial charge is 0.0472 e. The molecule has 0 bridgehead atoms. The number of allylic oxidation sites excluding steroid dienone is 1. The van der Waals surface area contributed by atoms with E-state index in [1.807, 2.05) is 0 Å². The van der Waals surface area contributed by atoms with Crippen LogP contribution in [0.15, 0.2) is 73.5 Å². The van der Waals surface area contributed by atoms with Gasteiger partial charge in [-0.3, -0.25) is 0 Å². The molecule has 1 atom stereocenters. The minimum atomic E-state index is 0.425. The van der Waals surface area contributed by atoms with Crippen molar-refractivity contribution < 1.29 is 0 Å². The number of hydrogen-bond donors (Lipinski definition) is 0. The lowest BCUT2D eigenvalue weighted by molar-refractivity contribution is 0.289. The Bertz CT molecular complexity index is 652. The quantitative estimate of drug-likeness (QED) is 0.700. The molecule has 0 aromatic heterocycles. The van der Waals surface area contributed by atoms with Gasteiger partial charge in [-0.2, -0.15) is 0 Å². The highest BCUT2D eigenvalue weighted by Crippen LogP contribution is 2.29. The molecule has 0 saturated heterocycles. The molecule has 1 heteroatoms. The largest absolute Gasteiger partial charge is 0.366 e. The van der Waals surface area contributed by atoms with E-state index in [0.29, 0.717) is 6.04 Å². The molecule has 1 aliphatic heterocycles. The summed E-state index contributed by atoms with van der Waals surface area (Å²) in [6.45, 7) is 7.09. The van der Waals surface area contributed by atoms with Crippen LogP contribution in [0.3, 0.4) is 0 Å². The summed E-state index contributed by atoms with van der Waals surface area (Å²) in [7, 11) is 0. The van der Waals surface area contributed by atoms with Gasteiger partial charge in [0.25, 0.3) is 0 Å². The second-order valence-corrected chi connectivity index (χ2v) is 6.02. The van der Waals surface area contributed by atoms with Gasteiger partial charge in [-0.05, 0) is 36.5 Å². The molecule has 0 unspecified atom stereocenters. The topological polar surface area (TPSA) is 3.24 Å². The molecule has 2 aromatic rings. The molecule has 22 heavy (non-hydrogen) atoms. The number of nitrogens with zero attached hydrogens (tertiary/aromatic N) is 1. The Hall–Kier alpha value is -2.28. The fourth-order valence-electron chi connectivity index (χ4n) is 3.03. The van der Waals surface area contributed by atoms with Crippen LogP contribution in [0.4, 0.5) is 0 Å². The van der Waals surface area contributed by atoms with Crippen LogP contribution in [-0.4, -0.2) is 10.9 Å². The van der Waals surface area contributed by atoms with Crippen molar-refractivity contribution in [2.24, 2.45) is 0 Å². The molecule has 2 aromatic carbocycles. The lowest BCUT2D eigenvalue weighted by Crippen LogP contribution is -2.31. The van der Waals surface area contributed by atoms with E-state index in [1.54, 1.807) is 0 Å². The van der Waals surface area contributed by atoms with Gasteiger partial charge >= 0.3 is 0 Å². The van der Waals surface area contributed by atoms with Gasteiger partial charge in [0.2, 0.25) is 0 Å². The average Bonchev–Trinajstić information content (AvgIpc) is 2.56. The zero-order valence-electron chi connectivity index (χ0n) is 13.2. The van der Waals surface area contributed by atoms with E-state index in [-0.39, 0.29) is 0 Å². The van der Waals surface area contributed by atoms with Crippen LogP contribution < -0.4 is 0 Å². The second kappa shape index (κ2) is 6.65. The summed E-state index contributed by atoms with van der Waals surface area (Å²) in [5.74, 6) is 0. The standard InChI is InChI=1S/C21H23N/c1-3-21-14-13-20(19-11-9-17(2)10-12-19)16-22(21)15-18-7-5-4-6-8-18/h3-12,16,21H,1,13-15H2,2H3/t21-/m0/s1. The number of hydrogen-bond acceptors (Lipinski definition) is 1. The Morgan fingerprint density at radius 1 is 1.09 bits per heavy atom. The highest BCUT2D eigenvalue weighted by Gasteiger charge is 2.19. The summed E-state index contributed by atoms with van der Waals surface area (Å²) in [6, 6.07) is 19.9. The maximum absolute atomic E-state index is 4.01. The predicted octanol–water partition coefficient (Wildman–Crippen LogP) is 5.19. The molecule has 0 N–H and O–H groups in total. The molecule has 112 valence electrons. The first-order valence-corrected chi connectivity index (χ1v) is 7.96. The highest BCUT2D eigenvalue weighted by atomic mass is 15.1. The van der Waals surface area contributed by atoms with Crippen LogP contribution in [0.25, 0.3) is 5.57 Å². The minimum Gasteiger partial charge on any atom is -0.366 e. The van der Waals surface area contributed by atoms with Crippen LogP contribution in [0.2, 0.25) is 0 Å². The molecular weight excluding hydrogens is 266 g/mol. The third kappa shape index (κ3) is 3.30. The highest BCUT2D eigenvalue weighted by molar-refractivity contribution is 5.66. The normalized spacial score (nSPS) is 18.0. The Labute approximate surface area is 133 Å². The van der Waals surface area contributed by atoms with Crippen molar-refractivity contribution in [3.05, 3.63) is 90.1 Å². The number of benzene rings is 2.